The van der Waals surface area contributed by atoms with Crippen LogP contribution >= 0.6 is 0 Å². The number of ether oxygens (including phenoxy) is 2. The molecule has 0 N–H and O–H groups in total. The van der Waals surface area contributed by atoms with E-state index in [2.05, 4.69) is 18.8 Å². The Morgan fingerprint density at radius 3 is 2.77 bits per heavy atom. The molecule has 3 rings (SSSR count). The Bertz CT molecular complexity index is 708. The highest BCUT2D eigenvalue weighted by molar-refractivity contribution is 5.98. The van der Waals surface area contributed by atoms with Crippen molar-refractivity contribution < 1.29 is 14.3 Å². The molecule has 0 spiro atoms. The van der Waals surface area contributed by atoms with Crippen LogP contribution in [0.3, 0.4) is 0 Å². The number of pyridine rings is 1. The van der Waals surface area contributed by atoms with Crippen LogP contribution in [0.2, 0.25) is 0 Å². The molecule has 0 bridgehead atoms. The van der Waals surface area contributed by atoms with Crippen molar-refractivity contribution in [1.29, 1.82) is 0 Å². The van der Waals surface area contributed by atoms with Crippen molar-refractivity contribution in [1.82, 2.24) is 4.98 Å². The van der Waals surface area contributed by atoms with Gasteiger partial charge in [-0.3, -0.25) is 4.98 Å². The topological polar surface area (TPSA) is 48.4 Å². The molecule has 0 unspecified atom stereocenters. The molecule has 0 saturated heterocycles. The van der Waals surface area contributed by atoms with Crippen LogP contribution in [0, 0.1) is 0 Å². The quantitative estimate of drug-likeness (QED) is 0.794. The number of carbonyl (C=O) groups excluding carboxylic acids is 1. The van der Waals surface area contributed by atoms with Crippen molar-refractivity contribution in [3.05, 3.63) is 47.7 Å². The van der Waals surface area contributed by atoms with E-state index in [1.807, 2.05) is 24.3 Å². The number of hydrogen-bond acceptors (Lipinski definition) is 4. The van der Waals surface area contributed by atoms with Gasteiger partial charge in [0.25, 0.3) is 0 Å². The molecule has 4 nitrogen and oxygen atoms in total. The highest BCUT2D eigenvalue weighted by atomic mass is 16.5. The summed E-state index contributed by atoms with van der Waals surface area (Å²) in [5.74, 6) is 0.470. The van der Waals surface area contributed by atoms with Gasteiger partial charge in [-0.1, -0.05) is 6.07 Å². The molecule has 114 valence electrons. The van der Waals surface area contributed by atoms with Crippen molar-refractivity contribution in [2.75, 3.05) is 7.11 Å². The number of esters is 1. The summed E-state index contributed by atoms with van der Waals surface area (Å²) in [7, 11) is 1.39. The zero-order chi connectivity index (χ0) is 15.7. The molecule has 1 aromatic heterocycles. The first-order valence-corrected chi connectivity index (χ1v) is 7.36. The lowest BCUT2D eigenvalue weighted by Gasteiger charge is -2.34. The molecular weight excluding hydrogens is 278 g/mol. The van der Waals surface area contributed by atoms with Crippen molar-refractivity contribution in [2.24, 2.45) is 0 Å². The number of rotatable bonds is 2. The lowest BCUT2D eigenvalue weighted by molar-refractivity contribution is 0.0600. The fourth-order valence-corrected chi connectivity index (χ4v) is 2.83. The van der Waals surface area contributed by atoms with E-state index in [0.29, 0.717) is 5.56 Å². The molecule has 0 saturated carbocycles. The van der Waals surface area contributed by atoms with Crippen LogP contribution in [-0.2, 0) is 11.2 Å². The monoisotopic (exact) mass is 297 g/mol. The van der Waals surface area contributed by atoms with Crippen molar-refractivity contribution in [3.8, 4) is 17.0 Å². The Balaban J connectivity index is 2.22. The summed E-state index contributed by atoms with van der Waals surface area (Å²) in [6, 6.07) is 9.29. The summed E-state index contributed by atoms with van der Waals surface area (Å²) in [5.41, 5.74) is 2.95. The number of aromatic nitrogens is 1. The number of benzene rings is 1. The second kappa shape index (κ2) is 5.44. The Morgan fingerprint density at radius 2 is 2.09 bits per heavy atom. The van der Waals surface area contributed by atoms with Crippen molar-refractivity contribution >= 4 is 5.97 Å². The van der Waals surface area contributed by atoms with Gasteiger partial charge in [0.15, 0.2) is 0 Å². The van der Waals surface area contributed by atoms with Gasteiger partial charge < -0.3 is 9.47 Å². The summed E-state index contributed by atoms with van der Waals surface area (Å²) in [6.45, 7) is 4.15. The molecule has 2 aromatic rings. The van der Waals surface area contributed by atoms with Gasteiger partial charge in [-0.25, -0.2) is 4.79 Å². The first-order valence-electron chi connectivity index (χ1n) is 7.36. The maximum absolute atomic E-state index is 12.1. The SMILES string of the molecule is COC(=O)c1ccc2c(c1-c1ccccn1)CCC(C)(C)O2. The largest absolute Gasteiger partial charge is 0.488 e. The fraction of sp³-hybridized carbons (Fsp3) is 0.333. The van der Waals surface area contributed by atoms with E-state index in [0.717, 1.165) is 35.4 Å². The molecule has 0 aliphatic carbocycles. The maximum atomic E-state index is 12.1. The smallest absolute Gasteiger partial charge is 0.338 e. The number of fused-ring (bicyclic) bond motifs is 1. The fourth-order valence-electron chi connectivity index (χ4n) is 2.83. The Labute approximate surface area is 130 Å². The highest BCUT2D eigenvalue weighted by Crippen LogP contribution is 2.40. The second-order valence-corrected chi connectivity index (χ2v) is 6.03. The summed E-state index contributed by atoms with van der Waals surface area (Å²) in [6.07, 6.45) is 3.47. The van der Waals surface area contributed by atoms with Gasteiger partial charge in [0.1, 0.15) is 11.4 Å². The summed E-state index contributed by atoms with van der Waals surface area (Å²) in [5, 5.41) is 0. The molecule has 0 atom stereocenters. The average molecular weight is 297 g/mol. The summed E-state index contributed by atoms with van der Waals surface area (Å²) < 4.78 is 11.0. The van der Waals surface area contributed by atoms with Gasteiger partial charge in [0, 0.05) is 17.3 Å². The number of nitrogens with zero attached hydrogens (tertiary/aromatic N) is 1. The zero-order valence-electron chi connectivity index (χ0n) is 13.1. The Hall–Kier alpha value is -2.36. The van der Waals surface area contributed by atoms with E-state index in [-0.39, 0.29) is 11.6 Å². The van der Waals surface area contributed by atoms with E-state index in [1.165, 1.54) is 7.11 Å². The van der Waals surface area contributed by atoms with Gasteiger partial charge in [0.05, 0.1) is 18.4 Å². The van der Waals surface area contributed by atoms with E-state index >= 15 is 0 Å². The van der Waals surface area contributed by atoms with Gasteiger partial charge >= 0.3 is 5.97 Å². The van der Waals surface area contributed by atoms with Gasteiger partial charge in [0.2, 0.25) is 0 Å². The van der Waals surface area contributed by atoms with E-state index < -0.39 is 0 Å². The molecule has 0 fully saturated rings. The van der Waals surface area contributed by atoms with Crippen LogP contribution in [0.1, 0.15) is 36.2 Å². The number of carbonyl (C=O) groups is 1. The molecule has 0 amide bonds. The third kappa shape index (κ3) is 2.56. The first-order chi connectivity index (χ1) is 10.5. The third-order valence-corrected chi connectivity index (χ3v) is 3.96. The van der Waals surface area contributed by atoms with Gasteiger partial charge in [-0.05, 0) is 51.0 Å². The van der Waals surface area contributed by atoms with Crippen LogP contribution in [-0.4, -0.2) is 23.7 Å². The van der Waals surface area contributed by atoms with E-state index in [1.54, 1.807) is 12.3 Å². The Kier molecular flexibility index (Phi) is 3.61. The van der Waals surface area contributed by atoms with Gasteiger partial charge in [-0.2, -0.15) is 0 Å². The summed E-state index contributed by atoms with van der Waals surface area (Å²) >= 11 is 0. The predicted molar refractivity (Wildman–Crippen MR) is 84.0 cm³/mol. The van der Waals surface area contributed by atoms with Crippen LogP contribution < -0.4 is 4.74 Å². The van der Waals surface area contributed by atoms with E-state index in [4.69, 9.17) is 9.47 Å². The molecule has 4 heteroatoms. The highest BCUT2D eigenvalue weighted by Gasteiger charge is 2.30. The molecular formula is C18H19NO3. The molecule has 2 heterocycles. The number of hydrogen-bond donors (Lipinski definition) is 0. The molecule has 0 radical (unpaired) electrons. The van der Waals surface area contributed by atoms with Crippen LogP contribution in [0.15, 0.2) is 36.5 Å². The minimum Gasteiger partial charge on any atom is -0.488 e. The molecule has 1 aromatic carbocycles. The van der Waals surface area contributed by atoms with Crippen molar-refractivity contribution in [2.45, 2.75) is 32.3 Å². The van der Waals surface area contributed by atoms with Crippen LogP contribution in [0.5, 0.6) is 5.75 Å². The molecule has 22 heavy (non-hydrogen) atoms. The lowest BCUT2D eigenvalue weighted by atomic mass is 9.88. The average Bonchev–Trinajstić information content (AvgIpc) is 2.53. The lowest BCUT2D eigenvalue weighted by Crippen LogP contribution is -2.33. The standard InChI is InChI=1S/C18H19NO3/c1-18(2)10-9-12-15(22-18)8-7-13(17(20)21-3)16(12)14-6-4-5-11-19-14/h4-8,11H,9-10H2,1-3H3. The predicted octanol–water partition coefficient (Wildman–Crippen LogP) is 3.64. The van der Waals surface area contributed by atoms with E-state index in [9.17, 15) is 4.79 Å². The third-order valence-electron chi connectivity index (χ3n) is 3.96. The van der Waals surface area contributed by atoms with Crippen LogP contribution in [0.25, 0.3) is 11.3 Å². The van der Waals surface area contributed by atoms with Crippen LogP contribution in [0.4, 0.5) is 0 Å². The molecule has 1 aliphatic rings. The Morgan fingerprint density at radius 1 is 1.27 bits per heavy atom. The van der Waals surface area contributed by atoms with Gasteiger partial charge in [-0.15, -0.1) is 0 Å². The van der Waals surface area contributed by atoms with Crippen molar-refractivity contribution in [3.63, 3.8) is 0 Å². The zero-order valence-corrected chi connectivity index (χ0v) is 13.1. The normalized spacial score (nSPS) is 15.6. The number of methoxy groups -OCH3 is 1. The second-order valence-electron chi connectivity index (χ2n) is 6.03. The first kappa shape index (κ1) is 14.6. The molecule has 1 aliphatic heterocycles. The summed E-state index contributed by atoms with van der Waals surface area (Å²) in [4.78, 5) is 16.5. The maximum Gasteiger partial charge on any atom is 0.338 e. The minimum absolute atomic E-state index is 0.193. The minimum atomic E-state index is -0.353.